The molecule has 1 saturated carbocycles. The van der Waals surface area contributed by atoms with Crippen LogP contribution >= 0.6 is 0 Å². The summed E-state index contributed by atoms with van der Waals surface area (Å²) in [6.45, 7) is 0. The molecule has 2 aromatic carbocycles. The number of nitrogens with zero attached hydrogens (tertiary/aromatic N) is 2. The molecule has 2 aliphatic heterocycles. The number of rotatable bonds is 5. The SMILES string of the molecule is N#Cc1ccc(-c2ccc(CC(C#N)NC(=O)C3NC4CCC3CC4)cc2)cc1. The molecule has 5 nitrogen and oxygen atoms in total. The molecule has 0 spiro atoms. The van der Waals surface area contributed by atoms with E-state index in [-0.39, 0.29) is 11.9 Å². The summed E-state index contributed by atoms with van der Waals surface area (Å²) in [5.74, 6) is 0.353. The van der Waals surface area contributed by atoms with E-state index in [0.29, 0.717) is 23.9 Å². The first-order chi connectivity index (χ1) is 14.2. The van der Waals surface area contributed by atoms with Crippen LogP contribution in [0, 0.1) is 28.6 Å². The molecule has 2 heterocycles. The predicted molar refractivity (Wildman–Crippen MR) is 111 cm³/mol. The zero-order chi connectivity index (χ0) is 20.2. The van der Waals surface area contributed by atoms with Gasteiger partial charge in [0.05, 0.1) is 23.7 Å². The summed E-state index contributed by atoms with van der Waals surface area (Å²) in [7, 11) is 0. The molecule has 1 amide bonds. The fourth-order valence-electron chi connectivity index (χ4n) is 4.50. The second-order valence-corrected chi connectivity index (χ2v) is 8.04. The second-order valence-electron chi connectivity index (χ2n) is 8.04. The van der Waals surface area contributed by atoms with Crippen LogP contribution < -0.4 is 10.6 Å². The number of nitriles is 2. The van der Waals surface area contributed by atoms with E-state index >= 15 is 0 Å². The summed E-state index contributed by atoms with van der Waals surface area (Å²) in [4.78, 5) is 12.7. The quantitative estimate of drug-likeness (QED) is 0.828. The Kier molecular flexibility index (Phi) is 5.60. The normalized spacial score (nSPS) is 23.6. The Balaban J connectivity index is 1.37. The lowest BCUT2D eigenvalue weighted by molar-refractivity contribution is -0.127. The van der Waals surface area contributed by atoms with Gasteiger partial charge in [-0.3, -0.25) is 4.79 Å². The van der Waals surface area contributed by atoms with Crippen molar-refractivity contribution in [1.29, 1.82) is 10.5 Å². The number of hydrogen-bond donors (Lipinski definition) is 2. The van der Waals surface area contributed by atoms with Gasteiger partial charge in [0.1, 0.15) is 6.04 Å². The number of carbonyl (C=O) groups is 1. The van der Waals surface area contributed by atoms with E-state index in [9.17, 15) is 10.1 Å². The molecule has 2 atom stereocenters. The molecule has 2 saturated heterocycles. The Hall–Kier alpha value is -3.15. The maximum Gasteiger partial charge on any atom is 0.238 e. The monoisotopic (exact) mass is 384 g/mol. The highest BCUT2D eigenvalue weighted by Crippen LogP contribution is 2.33. The van der Waals surface area contributed by atoms with Crippen LogP contribution in [-0.4, -0.2) is 24.0 Å². The number of hydrogen-bond acceptors (Lipinski definition) is 4. The lowest BCUT2D eigenvalue weighted by atomic mass is 9.76. The third kappa shape index (κ3) is 4.31. The highest BCUT2D eigenvalue weighted by Gasteiger charge is 2.39. The molecular weight excluding hydrogens is 360 g/mol. The predicted octanol–water partition coefficient (Wildman–Crippen LogP) is 3.31. The number of amides is 1. The van der Waals surface area contributed by atoms with E-state index in [4.69, 9.17) is 5.26 Å². The molecular formula is C24H24N4O. The van der Waals surface area contributed by atoms with Crippen molar-refractivity contribution < 1.29 is 4.79 Å². The Labute approximate surface area is 171 Å². The molecule has 29 heavy (non-hydrogen) atoms. The van der Waals surface area contributed by atoms with Crippen LogP contribution in [0.25, 0.3) is 11.1 Å². The minimum absolute atomic E-state index is 0.0415. The first kappa shape index (κ1) is 19.2. The van der Waals surface area contributed by atoms with E-state index in [1.807, 2.05) is 36.4 Å². The third-order valence-corrected chi connectivity index (χ3v) is 6.15. The van der Waals surface area contributed by atoms with Gasteiger partial charge in [-0.2, -0.15) is 10.5 Å². The number of nitrogens with one attached hydrogen (secondary N) is 2. The van der Waals surface area contributed by atoms with Crippen LogP contribution in [0.3, 0.4) is 0 Å². The van der Waals surface area contributed by atoms with Crippen molar-refractivity contribution in [2.45, 2.75) is 50.2 Å². The van der Waals surface area contributed by atoms with Crippen LogP contribution in [0.15, 0.2) is 48.5 Å². The zero-order valence-corrected chi connectivity index (χ0v) is 16.3. The summed E-state index contributed by atoms with van der Waals surface area (Å²) in [6.07, 6.45) is 4.99. The molecule has 3 aliphatic rings. The number of benzene rings is 2. The van der Waals surface area contributed by atoms with Gasteiger partial charge in [0.2, 0.25) is 5.91 Å². The maximum atomic E-state index is 12.7. The first-order valence-electron chi connectivity index (χ1n) is 10.2. The molecule has 2 bridgehead atoms. The molecule has 0 aromatic heterocycles. The molecule has 5 heteroatoms. The van der Waals surface area contributed by atoms with Crippen LogP contribution in [0.2, 0.25) is 0 Å². The van der Waals surface area contributed by atoms with Gasteiger partial charge in [0, 0.05) is 12.5 Å². The average Bonchev–Trinajstić information content (AvgIpc) is 2.80. The second kappa shape index (κ2) is 8.47. The summed E-state index contributed by atoms with van der Waals surface area (Å²) in [6, 6.07) is 19.6. The zero-order valence-electron chi connectivity index (χ0n) is 16.3. The highest BCUT2D eigenvalue weighted by molar-refractivity contribution is 5.83. The average molecular weight is 384 g/mol. The van der Waals surface area contributed by atoms with Crippen LogP contribution in [0.1, 0.15) is 36.8 Å². The molecule has 5 rings (SSSR count). The van der Waals surface area contributed by atoms with Crippen molar-refractivity contribution in [3.63, 3.8) is 0 Å². The van der Waals surface area contributed by atoms with Crippen LogP contribution in [-0.2, 0) is 11.2 Å². The molecule has 1 aliphatic carbocycles. The summed E-state index contributed by atoms with van der Waals surface area (Å²) in [5, 5.41) is 24.8. The minimum atomic E-state index is -0.537. The van der Waals surface area contributed by atoms with E-state index in [1.165, 1.54) is 0 Å². The van der Waals surface area contributed by atoms with Gasteiger partial charge in [-0.1, -0.05) is 36.4 Å². The first-order valence-corrected chi connectivity index (χ1v) is 10.2. The van der Waals surface area contributed by atoms with Crippen molar-refractivity contribution in [2.24, 2.45) is 5.92 Å². The van der Waals surface area contributed by atoms with Crippen LogP contribution in [0.5, 0.6) is 0 Å². The van der Waals surface area contributed by atoms with Crippen molar-refractivity contribution in [1.82, 2.24) is 10.6 Å². The smallest absolute Gasteiger partial charge is 0.238 e. The fraction of sp³-hybridized carbons (Fsp3) is 0.375. The Bertz CT molecular complexity index is 944. The van der Waals surface area contributed by atoms with Gasteiger partial charge in [-0.15, -0.1) is 0 Å². The molecule has 146 valence electrons. The molecule has 2 aromatic rings. The van der Waals surface area contributed by atoms with Crippen LogP contribution in [0.4, 0.5) is 0 Å². The molecule has 2 N–H and O–H groups in total. The third-order valence-electron chi connectivity index (χ3n) is 6.15. The molecule has 2 unspecified atom stereocenters. The van der Waals surface area contributed by atoms with E-state index in [1.54, 1.807) is 12.1 Å². The largest absolute Gasteiger partial charge is 0.339 e. The van der Waals surface area contributed by atoms with Gasteiger partial charge >= 0.3 is 0 Å². The summed E-state index contributed by atoms with van der Waals surface area (Å²) in [5.41, 5.74) is 3.74. The number of piperidine rings is 2. The van der Waals surface area contributed by atoms with E-state index < -0.39 is 6.04 Å². The lowest BCUT2D eigenvalue weighted by Crippen LogP contribution is -2.59. The fourth-order valence-corrected chi connectivity index (χ4v) is 4.50. The standard InChI is InChI=1S/C24H24N4O/c25-14-17-3-7-19(8-4-17)18-5-1-16(2-6-18)13-22(15-26)28-24(29)23-20-9-11-21(27-23)12-10-20/h1-8,20-23,27H,9-13H2,(H,28,29). The van der Waals surface area contributed by atoms with Crippen molar-refractivity contribution in [2.75, 3.05) is 0 Å². The van der Waals surface area contributed by atoms with Crippen molar-refractivity contribution in [3.05, 3.63) is 59.7 Å². The van der Waals surface area contributed by atoms with E-state index in [0.717, 1.165) is 42.4 Å². The van der Waals surface area contributed by atoms with E-state index in [2.05, 4.69) is 22.8 Å². The minimum Gasteiger partial charge on any atom is -0.339 e. The topological polar surface area (TPSA) is 88.7 Å². The van der Waals surface area contributed by atoms with Gasteiger partial charge in [0.15, 0.2) is 0 Å². The highest BCUT2D eigenvalue weighted by atomic mass is 16.2. The molecule has 0 radical (unpaired) electrons. The maximum absolute atomic E-state index is 12.7. The summed E-state index contributed by atoms with van der Waals surface area (Å²) < 4.78 is 0. The van der Waals surface area contributed by atoms with Gasteiger partial charge in [-0.05, 0) is 60.4 Å². The van der Waals surface area contributed by atoms with Gasteiger partial charge in [0.25, 0.3) is 0 Å². The van der Waals surface area contributed by atoms with Crippen molar-refractivity contribution >= 4 is 5.91 Å². The lowest BCUT2D eigenvalue weighted by Gasteiger charge is -2.42. The Morgan fingerprint density at radius 1 is 1.00 bits per heavy atom. The molecule has 3 fully saturated rings. The Morgan fingerprint density at radius 2 is 1.62 bits per heavy atom. The Morgan fingerprint density at radius 3 is 2.14 bits per heavy atom. The van der Waals surface area contributed by atoms with Crippen molar-refractivity contribution in [3.8, 4) is 23.3 Å². The summed E-state index contributed by atoms with van der Waals surface area (Å²) >= 11 is 0. The van der Waals surface area contributed by atoms with Gasteiger partial charge < -0.3 is 10.6 Å². The number of fused-ring (bicyclic) bond motifs is 3. The van der Waals surface area contributed by atoms with Gasteiger partial charge in [-0.25, -0.2) is 0 Å². The number of carbonyl (C=O) groups excluding carboxylic acids is 1.